The second-order valence-electron chi connectivity index (χ2n) is 7.41. The van der Waals surface area contributed by atoms with Crippen LogP contribution in [-0.4, -0.2) is 53.5 Å². The van der Waals surface area contributed by atoms with Crippen LogP contribution in [0, 0.1) is 5.92 Å². The third-order valence-electron chi connectivity index (χ3n) is 5.63. The quantitative estimate of drug-likeness (QED) is 0.723. The molecule has 146 valence electrons. The Morgan fingerprint density at radius 2 is 1.57 bits per heavy atom. The van der Waals surface area contributed by atoms with Crippen LogP contribution in [-0.2, 0) is 4.79 Å². The minimum Gasteiger partial charge on any atom is -0.339 e. The number of nitrogens with zero attached hydrogens (tertiary/aromatic N) is 2. The van der Waals surface area contributed by atoms with Gasteiger partial charge in [-0.2, -0.15) is 0 Å². The van der Waals surface area contributed by atoms with Crippen molar-refractivity contribution in [3.8, 4) is 0 Å². The minimum absolute atomic E-state index is 0.0808. The van der Waals surface area contributed by atoms with Crippen molar-refractivity contribution < 1.29 is 9.59 Å². The predicted molar refractivity (Wildman–Crippen MR) is 113 cm³/mol. The predicted octanol–water partition coefficient (Wildman–Crippen LogP) is 3.89. The molecule has 1 aliphatic heterocycles. The largest absolute Gasteiger partial charge is 0.339 e. The van der Waals surface area contributed by atoms with Gasteiger partial charge in [0.05, 0.1) is 5.56 Å². The molecule has 2 aromatic rings. The zero-order valence-corrected chi connectivity index (χ0v) is 17.0. The number of carbonyl (C=O) groups excluding carboxylic acids is 2. The Bertz CT molecular complexity index is 847. The number of piperazine rings is 1. The van der Waals surface area contributed by atoms with Crippen molar-refractivity contribution in [2.45, 2.75) is 24.2 Å². The first-order valence-corrected chi connectivity index (χ1v) is 11.0. The van der Waals surface area contributed by atoms with Gasteiger partial charge >= 0.3 is 0 Å². The van der Waals surface area contributed by atoms with Crippen molar-refractivity contribution in [3.63, 3.8) is 0 Å². The summed E-state index contributed by atoms with van der Waals surface area (Å²) >= 11 is 1.70. The van der Waals surface area contributed by atoms with Gasteiger partial charge in [-0.25, -0.2) is 0 Å². The molecule has 0 aromatic heterocycles. The van der Waals surface area contributed by atoms with Gasteiger partial charge in [0.1, 0.15) is 0 Å². The fourth-order valence-electron chi connectivity index (χ4n) is 4.00. The van der Waals surface area contributed by atoms with Crippen LogP contribution in [0.1, 0.15) is 35.2 Å². The summed E-state index contributed by atoms with van der Waals surface area (Å²) in [6.07, 6.45) is 0.948. The zero-order chi connectivity index (χ0) is 19.5. The molecular formula is C23H26N2O2S. The maximum Gasteiger partial charge on any atom is 0.255 e. The van der Waals surface area contributed by atoms with E-state index in [0.29, 0.717) is 32.1 Å². The highest BCUT2D eigenvalue weighted by Crippen LogP contribution is 2.48. The van der Waals surface area contributed by atoms with Gasteiger partial charge in [0, 0.05) is 37.0 Å². The Morgan fingerprint density at radius 3 is 2.29 bits per heavy atom. The summed E-state index contributed by atoms with van der Waals surface area (Å²) in [5.74, 6) is 1.76. The summed E-state index contributed by atoms with van der Waals surface area (Å²) in [4.78, 5) is 30.7. The summed E-state index contributed by atoms with van der Waals surface area (Å²) in [5, 5.41) is 0. The molecule has 1 aliphatic carbocycles. The van der Waals surface area contributed by atoms with Crippen molar-refractivity contribution in [1.82, 2.24) is 9.80 Å². The van der Waals surface area contributed by atoms with E-state index in [-0.39, 0.29) is 17.7 Å². The van der Waals surface area contributed by atoms with Crippen LogP contribution in [0.25, 0.3) is 0 Å². The lowest BCUT2D eigenvalue weighted by molar-refractivity contribution is -0.134. The Morgan fingerprint density at radius 1 is 0.929 bits per heavy atom. The van der Waals surface area contributed by atoms with Crippen molar-refractivity contribution in [2.75, 3.05) is 31.9 Å². The van der Waals surface area contributed by atoms with Gasteiger partial charge in [-0.15, -0.1) is 11.8 Å². The molecule has 2 aromatic carbocycles. The van der Waals surface area contributed by atoms with Crippen molar-refractivity contribution in [3.05, 3.63) is 65.7 Å². The van der Waals surface area contributed by atoms with Crippen LogP contribution in [0.5, 0.6) is 0 Å². The molecule has 2 fully saturated rings. The minimum atomic E-state index is 0.0808. The second-order valence-corrected chi connectivity index (χ2v) is 8.71. The molecule has 0 radical (unpaired) electrons. The number of amides is 2. The highest BCUT2D eigenvalue weighted by molar-refractivity contribution is 7.99. The van der Waals surface area contributed by atoms with Crippen molar-refractivity contribution >= 4 is 23.6 Å². The number of hydrogen-bond donors (Lipinski definition) is 0. The van der Waals surface area contributed by atoms with Crippen LogP contribution in [0.4, 0.5) is 0 Å². The van der Waals surface area contributed by atoms with Crippen LogP contribution in [0.2, 0.25) is 0 Å². The molecule has 2 aliphatic rings. The average Bonchev–Trinajstić information content (AvgIpc) is 3.55. The molecule has 1 saturated heterocycles. The van der Waals surface area contributed by atoms with Gasteiger partial charge < -0.3 is 9.80 Å². The van der Waals surface area contributed by atoms with Crippen LogP contribution in [0.15, 0.2) is 59.5 Å². The highest BCUT2D eigenvalue weighted by Gasteiger charge is 2.46. The lowest BCUT2D eigenvalue weighted by atomic mass is 10.1. The topological polar surface area (TPSA) is 40.6 Å². The van der Waals surface area contributed by atoms with Gasteiger partial charge in [0.2, 0.25) is 5.91 Å². The molecule has 0 spiro atoms. The van der Waals surface area contributed by atoms with Gasteiger partial charge in [-0.05, 0) is 35.8 Å². The fourth-order valence-corrected chi connectivity index (χ4v) is 4.79. The third-order valence-corrected chi connectivity index (χ3v) is 6.59. The second kappa shape index (κ2) is 8.39. The van der Waals surface area contributed by atoms with Crippen molar-refractivity contribution in [1.29, 1.82) is 0 Å². The molecule has 4 rings (SSSR count). The van der Waals surface area contributed by atoms with E-state index in [2.05, 4.69) is 19.1 Å². The molecular weight excluding hydrogens is 368 g/mol. The summed E-state index contributed by atoms with van der Waals surface area (Å²) < 4.78 is 0. The van der Waals surface area contributed by atoms with Gasteiger partial charge in [-0.3, -0.25) is 9.59 Å². The first kappa shape index (κ1) is 19.1. The first-order valence-electron chi connectivity index (χ1n) is 10.0. The smallest absolute Gasteiger partial charge is 0.255 e. The van der Waals surface area contributed by atoms with Gasteiger partial charge in [-0.1, -0.05) is 49.4 Å². The van der Waals surface area contributed by atoms with Gasteiger partial charge in [0.15, 0.2) is 0 Å². The molecule has 2 unspecified atom stereocenters. The molecule has 5 heteroatoms. The van der Waals surface area contributed by atoms with E-state index < -0.39 is 0 Å². The van der Waals surface area contributed by atoms with E-state index in [9.17, 15) is 9.59 Å². The van der Waals surface area contributed by atoms with E-state index in [0.717, 1.165) is 22.6 Å². The summed E-state index contributed by atoms with van der Waals surface area (Å²) in [6, 6.07) is 18.1. The number of rotatable bonds is 5. The molecule has 0 N–H and O–H groups in total. The van der Waals surface area contributed by atoms with E-state index in [1.807, 2.05) is 52.3 Å². The standard InChI is InChI=1S/C23H26N2O2S/c1-2-28-21-11-7-6-10-18(21)22(26)24-12-14-25(15-13-24)23(27)20-16-19(20)17-8-4-3-5-9-17/h3-11,19-20H,2,12-16H2,1H3. The Kier molecular flexibility index (Phi) is 5.72. The number of thioether (sulfide) groups is 1. The molecule has 1 saturated carbocycles. The third kappa shape index (κ3) is 3.95. The zero-order valence-electron chi connectivity index (χ0n) is 16.2. The molecule has 0 bridgehead atoms. The molecule has 4 nitrogen and oxygen atoms in total. The van der Waals surface area contributed by atoms with E-state index in [4.69, 9.17) is 0 Å². The Balaban J connectivity index is 1.34. The normalized spacial score (nSPS) is 21.5. The summed E-state index contributed by atoms with van der Waals surface area (Å²) in [7, 11) is 0. The van der Waals surface area contributed by atoms with Crippen LogP contribution in [0.3, 0.4) is 0 Å². The fraction of sp³-hybridized carbons (Fsp3) is 0.391. The lowest BCUT2D eigenvalue weighted by Gasteiger charge is -2.35. The molecule has 28 heavy (non-hydrogen) atoms. The first-order chi connectivity index (χ1) is 13.7. The highest BCUT2D eigenvalue weighted by atomic mass is 32.2. The van der Waals surface area contributed by atoms with Crippen LogP contribution >= 0.6 is 11.8 Å². The maximum atomic E-state index is 13.0. The molecule has 2 atom stereocenters. The van der Waals surface area contributed by atoms with Crippen LogP contribution < -0.4 is 0 Å². The SMILES string of the molecule is CCSc1ccccc1C(=O)N1CCN(C(=O)C2CC2c2ccccc2)CC1. The Hall–Kier alpha value is -2.27. The van der Waals surface area contributed by atoms with Gasteiger partial charge in [0.25, 0.3) is 5.91 Å². The van der Waals surface area contributed by atoms with E-state index >= 15 is 0 Å². The number of benzene rings is 2. The molecule has 2 amide bonds. The summed E-state index contributed by atoms with van der Waals surface area (Å²) in [6.45, 7) is 4.57. The van der Waals surface area contributed by atoms with E-state index in [1.54, 1.807) is 11.8 Å². The monoisotopic (exact) mass is 394 g/mol. The van der Waals surface area contributed by atoms with Crippen molar-refractivity contribution in [2.24, 2.45) is 5.92 Å². The molecule has 1 heterocycles. The average molecular weight is 395 g/mol. The number of carbonyl (C=O) groups is 2. The lowest BCUT2D eigenvalue weighted by Crippen LogP contribution is -2.51. The maximum absolute atomic E-state index is 13.0. The Labute approximate surface area is 170 Å². The van der Waals surface area contributed by atoms with E-state index in [1.165, 1.54) is 5.56 Å². The summed E-state index contributed by atoms with van der Waals surface area (Å²) in [5.41, 5.74) is 2.04. The number of hydrogen-bond acceptors (Lipinski definition) is 3.